The highest BCUT2D eigenvalue weighted by Gasteiger charge is 2.12. The smallest absolute Gasteiger partial charge is 0.0465 e. The second-order valence-electron chi connectivity index (χ2n) is 12.8. The Hall–Kier alpha value is -6.64. The Balaban J connectivity index is 1.09. The highest BCUT2D eigenvalue weighted by atomic mass is 14.9. The third-order valence-corrected chi connectivity index (χ3v) is 9.61. The lowest BCUT2D eigenvalue weighted by Crippen LogP contribution is -1.94. The van der Waals surface area contributed by atoms with Crippen molar-refractivity contribution in [2.24, 2.45) is 0 Å². The number of benzene rings is 8. The van der Waals surface area contributed by atoms with Gasteiger partial charge >= 0.3 is 0 Å². The molecule has 1 aromatic heterocycles. The second-order valence-corrected chi connectivity index (χ2v) is 12.8. The maximum absolute atomic E-state index is 3.68. The largest absolute Gasteiger partial charge is 0.355 e. The minimum absolute atomic E-state index is 1.06. The molecule has 2 nitrogen and oxygen atoms in total. The van der Waals surface area contributed by atoms with Gasteiger partial charge in [0.1, 0.15) is 0 Å². The molecule has 9 aromatic rings. The Morgan fingerprint density at radius 2 is 0.780 bits per heavy atom. The Morgan fingerprint density at radius 1 is 0.300 bits per heavy atom. The van der Waals surface area contributed by atoms with Crippen LogP contribution in [0.2, 0.25) is 0 Å². The molecule has 0 atom stereocenters. The standard InChI is InChI=1S/C48H34N2/c1-3-11-33(12-4-1)36-13-9-14-37(29-36)34-21-23-35(24-22-34)44-31-40(25-27-47(44)49-42-17-5-2-6-18-42)38-15-10-16-39(30-38)41-26-28-48-45(32-41)43-19-7-8-20-46(43)50-48/h1-32,49-50H. The minimum atomic E-state index is 1.06. The molecule has 1 heterocycles. The zero-order valence-corrected chi connectivity index (χ0v) is 27.5. The van der Waals surface area contributed by atoms with E-state index in [1.807, 2.05) is 6.07 Å². The van der Waals surface area contributed by atoms with Gasteiger partial charge in [0.05, 0.1) is 0 Å². The molecule has 0 aliphatic carbocycles. The zero-order chi connectivity index (χ0) is 33.3. The minimum Gasteiger partial charge on any atom is -0.355 e. The van der Waals surface area contributed by atoms with Crippen LogP contribution in [-0.2, 0) is 0 Å². The summed E-state index contributed by atoms with van der Waals surface area (Å²) in [6, 6.07) is 69.5. The van der Waals surface area contributed by atoms with E-state index in [-0.39, 0.29) is 0 Å². The van der Waals surface area contributed by atoms with Crippen molar-refractivity contribution in [3.05, 3.63) is 194 Å². The van der Waals surface area contributed by atoms with Gasteiger partial charge in [-0.15, -0.1) is 0 Å². The quantitative estimate of drug-likeness (QED) is 0.179. The first-order valence-electron chi connectivity index (χ1n) is 17.1. The zero-order valence-electron chi connectivity index (χ0n) is 27.5. The number of aromatic nitrogens is 1. The molecule has 0 saturated carbocycles. The first kappa shape index (κ1) is 29.5. The van der Waals surface area contributed by atoms with E-state index in [1.165, 1.54) is 60.8 Å². The van der Waals surface area contributed by atoms with Crippen LogP contribution in [0.3, 0.4) is 0 Å². The molecular formula is C48H34N2. The van der Waals surface area contributed by atoms with Gasteiger partial charge in [-0.05, 0) is 105 Å². The molecule has 2 N–H and O–H groups in total. The van der Waals surface area contributed by atoms with Gasteiger partial charge in [-0.2, -0.15) is 0 Å². The number of aromatic amines is 1. The SMILES string of the molecule is c1ccc(Nc2ccc(-c3cccc(-c4ccc5[nH]c6ccccc6c5c4)c3)cc2-c2ccc(-c3cccc(-c4ccccc4)c3)cc2)cc1. The van der Waals surface area contributed by atoms with Crippen LogP contribution in [0, 0.1) is 0 Å². The number of H-pyrrole nitrogens is 1. The average molecular weight is 639 g/mol. The van der Waals surface area contributed by atoms with E-state index >= 15 is 0 Å². The topological polar surface area (TPSA) is 27.8 Å². The fraction of sp³-hybridized carbons (Fsp3) is 0. The Bertz CT molecular complexity index is 2600. The van der Waals surface area contributed by atoms with Crippen molar-refractivity contribution in [2.45, 2.75) is 0 Å². The fourth-order valence-corrected chi connectivity index (χ4v) is 7.01. The lowest BCUT2D eigenvalue weighted by molar-refractivity contribution is 1.52. The molecule has 0 aliphatic heterocycles. The number of hydrogen-bond acceptors (Lipinski definition) is 1. The van der Waals surface area contributed by atoms with Crippen LogP contribution in [0.15, 0.2) is 194 Å². The van der Waals surface area contributed by atoms with E-state index in [1.54, 1.807) is 0 Å². The van der Waals surface area contributed by atoms with Gasteiger partial charge in [0.2, 0.25) is 0 Å². The van der Waals surface area contributed by atoms with Gasteiger partial charge < -0.3 is 10.3 Å². The van der Waals surface area contributed by atoms with Crippen molar-refractivity contribution in [3.8, 4) is 55.6 Å². The fourth-order valence-electron chi connectivity index (χ4n) is 7.01. The van der Waals surface area contributed by atoms with Gasteiger partial charge in [0.25, 0.3) is 0 Å². The van der Waals surface area contributed by atoms with E-state index in [2.05, 4.69) is 198 Å². The summed E-state index contributed by atoms with van der Waals surface area (Å²) in [5.74, 6) is 0. The highest BCUT2D eigenvalue weighted by molar-refractivity contribution is 6.08. The third-order valence-electron chi connectivity index (χ3n) is 9.61. The lowest BCUT2D eigenvalue weighted by Gasteiger charge is -2.16. The summed E-state index contributed by atoms with van der Waals surface area (Å²) in [7, 11) is 0. The molecule has 50 heavy (non-hydrogen) atoms. The van der Waals surface area contributed by atoms with Gasteiger partial charge in [-0.1, -0.05) is 140 Å². The Morgan fingerprint density at radius 3 is 1.50 bits per heavy atom. The normalized spacial score (nSPS) is 11.2. The predicted molar refractivity (Wildman–Crippen MR) is 213 cm³/mol. The monoisotopic (exact) mass is 638 g/mol. The molecule has 0 fully saturated rings. The Labute approximate surface area is 292 Å². The number of anilines is 2. The molecule has 8 aromatic carbocycles. The maximum atomic E-state index is 3.68. The van der Waals surface area contributed by atoms with Crippen LogP contribution in [0.4, 0.5) is 11.4 Å². The number of para-hydroxylation sites is 2. The van der Waals surface area contributed by atoms with Gasteiger partial charge in [0.15, 0.2) is 0 Å². The van der Waals surface area contributed by atoms with Crippen molar-refractivity contribution >= 4 is 33.2 Å². The predicted octanol–water partition coefficient (Wildman–Crippen LogP) is 13.4. The summed E-state index contributed by atoms with van der Waals surface area (Å²) in [5, 5.41) is 6.18. The van der Waals surface area contributed by atoms with Crippen LogP contribution in [0.25, 0.3) is 77.4 Å². The molecule has 2 heteroatoms. The number of hydrogen-bond donors (Lipinski definition) is 2. The first-order chi connectivity index (χ1) is 24.7. The molecule has 0 bridgehead atoms. The molecule has 0 spiro atoms. The first-order valence-corrected chi connectivity index (χ1v) is 17.1. The summed E-state index contributed by atoms with van der Waals surface area (Å²) in [4.78, 5) is 3.55. The van der Waals surface area contributed by atoms with Crippen LogP contribution in [0.5, 0.6) is 0 Å². The Kier molecular flexibility index (Phi) is 7.53. The van der Waals surface area contributed by atoms with E-state index in [9.17, 15) is 0 Å². The van der Waals surface area contributed by atoms with E-state index in [0.717, 1.165) is 28.0 Å². The summed E-state index contributed by atoms with van der Waals surface area (Å²) in [6.45, 7) is 0. The van der Waals surface area contributed by atoms with Crippen molar-refractivity contribution in [1.29, 1.82) is 0 Å². The van der Waals surface area contributed by atoms with Gasteiger partial charge in [0, 0.05) is 38.7 Å². The van der Waals surface area contributed by atoms with Crippen molar-refractivity contribution < 1.29 is 0 Å². The molecule has 0 amide bonds. The van der Waals surface area contributed by atoms with Crippen LogP contribution >= 0.6 is 0 Å². The van der Waals surface area contributed by atoms with Crippen molar-refractivity contribution in [3.63, 3.8) is 0 Å². The second kappa shape index (κ2) is 12.8. The van der Waals surface area contributed by atoms with E-state index < -0.39 is 0 Å². The average Bonchev–Trinajstić information content (AvgIpc) is 3.57. The summed E-state index contributed by atoms with van der Waals surface area (Å²) >= 11 is 0. The molecule has 9 rings (SSSR count). The van der Waals surface area contributed by atoms with E-state index in [0.29, 0.717) is 0 Å². The summed E-state index contributed by atoms with van der Waals surface area (Å²) in [6.07, 6.45) is 0. The molecule has 236 valence electrons. The number of fused-ring (bicyclic) bond motifs is 3. The lowest BCUT2D eigenvalue weighted by atomic mass is 9.93. The van der Waals surface area contributed by atoms with Crippen LogP contribution < -0.4 is 5.32 Å². The molecule has 0 radical (unpaired) electrons. The van der Waals surface area contributed by atoms with Gasteiger partial charge in [-0.3, -0.25) is 0 Å². The number of nitrogens with one attached hydrogen (secondary N) is 2. The van der Waals surface area contributed by atoms with Crippen molar-refractivity contribution in [2.75, 3.05) is 5.32 Å². The van der Waals surface area contributed by atoms with Gasteiger partial charge in [-0.25, -0.2) is 0 Å². The van der Waals surface area contributed by atoms with Crippen LogP contribution in [-0.4, -0.2) is 4.98 Å². The maximum Gasteiger partial charge on any atom is 0.0465 e. The third kappa shape index (κ3) is 5.74. The molecule has 0 unspecified atom stereocenters. The molecule has 0 aliphatic rings. The summed E-state index contributed by atoms with van der Waals surface area (Å²) < 4.78 is 0. The summed E-state index contributed by atoms with van der Waals surface area (Å²) in [5.41, 5.74) is 16.4. The number of rotatable bonds is 7. The highest BCUT2D eigenvalue weighted by Crippen LogP contribution is 2.38. The van der Waals surface area contributed by atoms with Crippen LogP contribution in [0.1, 0.15) is 0 Å². The molecule has 0 saturated heterocycles. The van der Waals surface area contributed by atoms with E-state index in [4.69, 9.17) is 0 Å². The van der Waals surface area contributed by atoms with Crippen molar-refractivity contribution in [1.82, 2.24) is 4.98 Å². The molecular weight excluding hydrogens is 605 g/mol.